The highest BCUT2D eigenvalue weighted by atomic mass is 79.9. The van der Waals surface area contributed by atoms with Crippen LogP contribution in [0.1, 0.15) is 11.3 Å². The van der Waals surface area contributed by atoms with E-state index < -0.39 is 0 Å². The first-order chi connectivity index (χ1) is 17.0. The molecule has 3 aromatic carbocycles. The summed E-state index contributed by atoms with van der Waals surface area (Å²) in [5.41, 5.74) is 2.50. The molecule has 0 radical (unpaired) electrons. The Morgan fingerprint density at radius 3 is 2.31 bits per heavy atom. The van der Waals surface area contributed by atoms with Gasteiger partial charge in [0.1, 0.15) is 19.0 Å². The van der Waals surface area contributed by atoms with Crippen molar-refractivity contribution in [1.82, 2.24) is 9.36 Å². The number of benzene rings is 3. The SMILES string of the molecule is COc1cc(C=Nc2c(C)n(C)n(-c3ccccc3)c2=O)cc(Br)c1OCCOc1ccccc1. The van der Waals surface area contributed by atoms with Crippen LogP contribution in [-0.4, -0.2) is 35.9 Å². The molecule has 0 atom stereocenters. The lowest BCUT2D eigenvalue weighted by Gasteiger charge is -2.14. The van der Waals surface area contributed by atoms with Gasteiger partial charge in [0.05, 0.1) is 23.0 Å². The number of aromatic nitrogens is 2. The van der Waals surface area contributed by atoms with Gasteiger partial charge in [0.25, 0.3) is 5.56 Å². The quantitative estimate of drug-likeness (QED) is 0.210. The number of para-hydroxylation sites is 2. The highest BCUT2D eigenvalue weighted by molar-refractivity contribution is 9.10. The number of ether oxygens (including phenoxy) is 3. The van der Waals surface area contributed by atoms with Crippen molar-refractivity contribution in [3.05, 3.63) is 98.9 Å². The molecule has 0 aliphatic heterocycles. The monoisotopic (exact) mass is 535 g/mol. The normalized spacial score (nSPS) is 11.1. The Balaban J connectivity index is 1.52. The van der Waals surface area contributed by atoms with Crippen LogP contribution in [0.25, 0.3) is 5.69 Å². The van der Waals surface area contributed by atoms with Gasteiger partial charge in [0.15, 0.2) is 17.2 Å². The second-order valence-electron chi connectivity index (χ2n) is 7.71. The lowest BCUT2D eigenvalue weighted by atomic mass is 10.2. The van der Waals surface area contributed by atoms with Gasteiger partial charge in [-0.1, -0.05) is 36.4 Å². The van der Waals surface area contributed by atoms with Crippen LogP contribution in [0, 0.1) is 6.92 Å². The minimum absolute atomic E-state index is 0.183. The zero-order valence-electron chi connectivity index (χ0n) is 19.8. The number of hydrogen-bond donors (Lipinski definition) is 0. The van der Waals surface area contributed by atoms with Crippen LogP contribution in [0.4, 0.5) is 5.69 Å². The van der Waals surface area contributed by atoms with E-state index in [1.807, 2.05) is 86.8 Å². The fraction of sp³-hybridized carbons (Fsp3) is 0.185. The van der Waals surface area contributed by atoms with E-state index >= 15 is 0 Å². The molecule has 0 saturated carbocycles. The van der Waals surface area contributed by atoms with Crippen molar-refractivity contribution in [2.24, 2.45) is 12.0 Å². The Morgan fingerprint density at radius 2 is 1.63 bits per heavy atom. The summed E-state index contributed by atoms with van der Waals surface area (Å²) in [6.07, 6.45) is 1.65. The molecule has 180 valence electrons. The number of hydrogen-bond acceptors (Lipinski definition) is 5. The second kappa shape index (κ2) is 11.1. The van der Waals surface area contributed by atoms with Gasteiger partial charge in [-0.2, -0.15) is 0 Å². The van der Waals surface area contributed by atoms with Crippen molar-refractivity contribution in [2.75, 3.05) is 20.3 Å². The molecule has 7 nitrogen and oxygen atoms in total. The zero-order valence-corrected chi connectivity index (χ0v) is 21.4. The number of methoxy groups -OCH3 is 1. The maximum absolute atomic E-state index is 13.1. The van der Waals surface area contributed by atoms with Crippen LogP contribution < -0.4 is 19.8 Å². The third-order valence-corrected chi connectivity index (χ3v) is 6.05. The predicted molar refractivity (Wildman–Crippen MR) is 141 cm³/mol. The molecular formula is C27H26BrN3O4. The summed E-state index contributed by atoms with van der Waals surface area (Å²) >= 11 is 3.56. The molecule has 4 rings (SSSR count). The Kier molecular flexibility index (Phi) is 7.72. The minimum atomic E-state index is -0.183. The Bertz CT molecular complexity index is 1380. The molecule has 0 bridgehead atoms. The standard InChI is InChI=1S/C27H26BrN3O4/c1-19-25(27(32)31(30(19)2)21-10-6-4-7-11-21)29-18-20-16-23(28)26(24(17-20)33-3)35-15-14-34-22-12-8-5-9-13-22/h4-13,16-18H,14-15H2,1-3H3. The lowest BCUT2D eigenvalue weighted by Crippen LogP contribution is -2.19. The number of aliphatic imine (C=N–C) groups is 1. The van der Waals surface area contributed by atoms with Crippen molar-refractivity contribution in [1.29, 1.82) is 0 Å². The lowest BCUT2D eigenvalue weighted by molar-refractivity contribution is 0.210. The number of rotatable bonds is 9. The Labute approximate surface area is 212 Å². The first-order valence-electron chi connectivity index (χ1n) is 11.1. The molecule has 1 aromatic heterocycles. The van der Waals surface area contributed by atoms with E-state index in [2.05, 4.69) is 20.9 Å². The van der Waals surface area contributed by atoms with E-state index in [4.69, 9.17) is 14.2 Å². The fourth-order valence-electron chi connectivity index (χ4n) is 3.62. The largest absolute Gasteiger partial charge is 0.493 e. The first-order valence-corrected chi connectivity index (χ1v) is 11.8. The van der Waals surface area contributed by atoms with Gasteiger partial charge in [-0.05, 0) is 64.8 Å². The van der Waals surface area contributed by atoms with E-state index in [0.29, 0.717) is 34.9 Å². The maximum atomic E-state index is 13.1. The molecule has 1 heterocycles. The van der Waals surface area contributed by atoms with Crippen molar-refractivity contribution >= 4 is 27.8 Å². The third kappa shape index (κ3) is 5.49. The van der Waals surface area contributed by atoms with Gasteiger partial charge in [0.2, 0.25) is 0 Å². The molecule has 0 saturated heterocycles. The maximum Gasteiger partial charge on any atom is 0.297 e. The van der Waals surface area contributed by atoms with Crippen molar-refractivity contribution in [3.8, 4) is 22.9 Å². The summed E-state index contributed by atoms with van der Waals surface area (Å²) in [6.45, 7) is 2.61. The molecule has 0 aliphatic rings. The van der Waals surface area contributed by atoms with E-state index in [1.54, 1.807) is 22.7 Å². The average molecular weight is 536 g/mol. The molecule has 8 heteroatoms. The van der Waals surface area contributed by atoms with E-state index in [-0.39, 0.29) is 5.56 Å². The summed E-state index contributed by atoms with van der Waals surface area (Å²) < 4.78 is 21.2. The highest BCUT2D eigenvalue weighted by Crippen LogP contribution is 2.36. The summed E-state index contributed by atoms with van der Waals surface area (Å²) in [7, 11) is 3.42. The molecule has 35 heavy (non-hydrogen) atoms. The molecule has 0 aliphatic carbocycles. The molecule has 0 fully saturated rings. The van der Waals surface area contributed by atoms with Gasteiger partial charge >= 0.3 is 0 Å². The van der Waals surface area contributed by atoms with Gasteiger partial charge in [-0.15, -0.1) is 0 Å². The molecule has 0 amide bonds. The highest BCUT2D eigenvalue weighted by Gasteiger charge is 2.16. The number of nitrogens with zero attached hydrogens (tertiary/aromatic N) is 3. The van der Waals surface area contributed by atoms with Crippen molar-refractivity contribution in [2.45, 2.75) is 6.92 Å². The first kappa shape index (κ1) is 24.3. The van der Waals surface area contributed by atoms with Gasteiger partial charge in [-0.25, -0.2) is 9.67 Å². The van der Waals surface area contributed by atoms with Gasteiger partial charge < -0.3 is 14.2 Å². The summed E-state index contributed by atoms with van der Waals surface area (Å²) in [5.74, 6) is 1.91. The molecule has 0 unspecified atom stereocenters. The van der Waals surface area contributed by atoms with Crippen LogP contribution in [0.15, 0.2) is 87.1 Å². The Morgan fingerprint density at radius 1 is 0.971 bits per heavy atom. The smallest absolute Gasteiger partial charge is 0.297 e. The topological polar surface area (TPSA) is 67.0 Å². The Hall–Kier alpha value is -3.78. The third-order valence-electron chi connectivity index (χ3n) is 5.46. The molecule has 0 N–H and O–H groups in total. The zero-order chi connectivity index (χ0) is 24.8. The average Bonchev–Trinajstić information content (AvgIpc) is 3.09. The summed E-state index contributed by atoms with van der Waals surface area (Å²) in [6, 6.07) is 22.7. The molecule has 0 spiro atoms. The predicted octanol–water partition coefficient (Wildman–Crippen LogP) is 5.46. The van der Waals surface area contributed by atoms with Crippen LogP contribution in [0.5, 0.6) is 17.2 Å². The van der Waals surface area contributed by atoms with Crippen molar-refractivity contribution in [3.63, 3.8) is 0 Å². The molecule has 4 aromatic rings. The second-order valence-corrected chi connectivity index (χ2v) is 8.57. The van der Waals surface area contributed by atoms with E-state index in [1.165, 1.54) is 0 Å². The van der Waals surface area contributed by atoms with Crippen LogP contribution in [0.3, 0.4) is 0 Å². The summed E-state index contributed by atoms with van der Waals surface area (Å²) in [4.78, 5) is 17.6. The van der Waals surface area contributed by atoms with Crippen LogP contribution in [-0.2, 0) is 7.05 Å². The van der Waals surface area contributed by atoms with Crippen molar-refractivity contribution < 1.29 is 14.2 Å². The van der Waals surface area contributed by atoms with Crippen LogP contribution >= 0.6 is 15.9 Å². The fourth-order valence-corrected chi connectivity index (χ4v) is 4.19. The minimum Gasteiger partial charge on any atom is -0.493 e. The van der Waals surface area contributed by atoms with Gasteiger partial charge in [-0.3, -0.25) is 9.48 Å². The van der Waals surface area contributed by atoms with E-state index in [0.717, 1.165) is 22.7 Å². The number of halogens is 1. The van der Waals surface area contributed by atoms with Crippen LogP contribution in [0.2, 0.25) is 0 Å². The summed E-state index contributed by atoms with van der Waals surface area (Å²) in [5, 5.41) is 0. The van der Waals surface area contributed by atoms with E-state index in [9.17, 15) is 4.79 Å². The molecular weight excluding hydrogens is 510 g/mol. The van der Waals surface area contributed by atoms with Gasteiger partial charge in [0, 0.05) is 13.3 Å².